The van der Waals surface area contributed by atoms with Crippen LogP contribution in [0.3, 0.4) is 0 Å². The van der Waals surface area contributed by atoms with Gasteiger partial charge in [-0.25, -0.2) is 4.68 Å². The average Bonchev–Trinajstić information content (AvgIpc) is 3.06. The van der Waals surface area contributed by atoms with E-state index in [1.807, 2.05) is 6.92 Å². The van der Waals surface area contributed by atoms with E-state index in [0.29, 0.717) is 11.7 Å². The van der Waals surface area contributed by atoms with E-state index in [1.54, 1.807) is 16.6 Å². The summed E-state index contributed by atoms with van der Waals surface area (Å²) < 4.78 is 2.79. The van der Waals surface area contributed by atoms with Crippen LogP contribution in [-0.2, 0) is 14.1 Å². The molecule has 1 fully saturated rings. The first-order chi connectivity index (χ1) is 10.9. The van der Waals surface area contributed by atoms with Crippen LogP contribution in [0.1, 0.15) is 40.6 Å². The molecule has 0 saturated carbocycles. The number of rotatable bonds is 2. The summed E-state index contributed by atoms with van der Waals surface area (Å²) in [6.45, 7) is 2.53. The summed E-state index contributed by atoms with van der Waals surface area (Å²) in [5.41, 5.74) is 1.74. The molecule has 3 heterocycles. The molecule has 0 spiro atoms. The molecule has 122 valence electrons. The standard InChI is InChI=1S/C15H18ClN5O2/c1-9-13(14(16)20(3)17-9)11-5-4-8-21(11)15(23)10-6-7-12(22)19(2)18-10/h6-7,11H,4-5,8H2,1-3H3/t11-/m1/s1. The molecule has 7 nitrogen and oxygen atoms in total. The lowest BCUT2D eigenvalue weighted by Gasteiger charge is -2.24. The lowest BCUT2D eigenvalue weighted by atomic mass is 10.1. The van der Waals surface area contributed by atoms with Gasteiger partial charge >= 0.3 is 0 Å². The largest absolute Gasteiger partial charge is 0.330 e. The molecule has 2 aromatic rings. The van der Waals surface area contributed by atoms with Crippen LogP contribution in [0.5, 0.6) is 0 Å². The summed E-state index contributed by atoms with van der Waals surface area (Å²) in [5, 5.41) is 8.94. The molecule has 0 N–H and O–H groups in total. The van der Waals surface area contributed by atoms with Gasteiger partial charge in [-0.1, -0.05) is 11.6 Å². The molecule has 23 heavy (non-hydrogen) atoms. The third-order valence-electron chi connectivity index (χ3n) is 4.22. The highest BCUT2D eigenvalue weighted by molar-refractivity contribution is 6.30. The molecule has 1 aliphatic heterocycles. The minimum absolute atomic E-state index is 0.109. The number of nitrogens with zero attached hydrogens (tertiary/aromatic N) is 5. The lowest BCUT2D eigenvalue weighted by Crippen LogP contribution is -2.33. The first-order valence-corrected chi connectivity index (χ1v) is 7.82. The van der Waals surface area contributed by atoms with Gasteiger partial charge in [-0.15, -0.1) is 0 Å². The van der Waals surface area contributed by atoms with Crippen LogP contribution < -0.4 is 5.56 Å². The van der Waals surface area contributed by atoms with Crippen molar-refractivity contribution in [2.45, 2.75) is 25.8 Å². The van der Waals surface area contributed by atoms with Gasteiger partial charge in [-0.2, -0.15) is 10.2 Å². The normalized spacial score (nSPS) is 17.7. The molecule has 1 atom stereocenters. The van der Waals surface area contributed by atoms with Crippen LogP contribution in [0.4, 0.5) is 0 Å². The molecule has 8 heteroatoms. The molecule has 1 amide bonds. The number of hydrogen-bond donors (Lipinski definition) is 0. The van der Waals surface area contributed by atoms with Crippen molar-refractivity contribution in [1.29, 1.82) is 0 Å². The summed E-state index contributed by atoms with van der Waals surface area (Å²) in [5.74, 6) is -0.192. The van der Waals surface area contributed by atoms with E-state index in [4.69, 9.17) is 11.6 Å². The molecule has 0 bridgehead atoms. The van der Waals surface area contributed by atoms with Gasteiger partial charge in [0, 0.05) is 32.3 Å². The summed E-state index contributed by atoms with van der Waals surface area (Å²) in [6.07, 6.45) is 1.73. The van der Waals surface area contributed by atoms with Gasteiger partial charge in [-0.05, 0) is 25.8 Å². The van der Waals surface area contributed by atoms with E-state index < -0.39 is 0 Å². The predicted octanol–water partition coefficient (Wildman–Crippen LogP) is 1.45. The highest BCUT2D eigenvalue weighted by Crippen LogP contribution is 2.38. The molecule has 0 unspecified atom stereocenters. The smallest absolute Gasteiger partial charge is 0.274 e. The van der Waals surface area contributed by atoms with Crippen LogP contribution in [0.2, 0.25) is 5.15 Å². The fourth-order valence-electron chi connectivity index (χ4n) is 3.10. The van der Waals surface area contributed by atoms with Crippen molar-refractivity contribution >= 4 is 17.5 Å². The second-order valence-corrected chi connectivity index (χ2v) is 6.11. The van der Waals surface area contributed by atoms with Gasteiger partial charge in [0.2, 0.25) is 0 Å². The topological polar surface area (TPSA) is 73.0 Å². The number of carbonyl (C=O) groups is 1. The fraction of sp³-hybridized carbons (Fsp3) is 0.467. The zero-order valence-electron chi connectivity index (χ0n) is 13.3. The SMILES string of the molecule is Cc1nn(C)c(Cl)c1[C@H]1CCCN1C(=O)c1ccc(=O)n(C)n1. The first-order valence-electron chi connectivity index (χ1n) is 7.44. The highest BCUT2D eigenvalue weighted by atomic mass is 35.5. The summed E-state index contributed by atoms with van der Waals surface area (Å²) in [7, 11) is 3.32. The number of halogens is 1. The van der Waals surface area contributed by atoms with E-state index in [-0.39, 0.29) is 23.2 Å². The molecular formula is C15H18ClN5O2. The first kappa shape index (κ1) is 15.7. The van der Waals surface area contributed by atoms with Gasteiger partial charge in [0.05, 0.1) is 11.7 Å². The molecule has 0 aliphatic carbocycles. The maximum atomic E-state index is 12.8. The Morgan fingerprint density at radius 2 is 2.00 bits per heavy atom. The van der Waals surface area contributed by atoms with Gasteiger partial charge in [0.25, 0.3) is 11.5 Å². The van der Waals surface area contributed by atoms with E-state index in [2.05, 4.69) is 10.2 Å². The van der Waals surface area contributed by atoms with Crippen LogP contribution in [0.15, 0.2) is 16.9 Å². The Bertz CT molecular complexity index is 826. The minimum Gasteiger partial charge on any atom is -0.330 e. The van der Waals surface area contributed by atoms with Crippen LogP contribution in [0, 0.1) is 6.92 Å². The number of aryl methyl sites for hydroxylation is 3. The minimum atomic E-state index is -0.245. The third-order valence-corrected chi connectivity index (χ3v) is 4.67. The van der Waals surface area contributed by atoms with Crippen molar-refractivity contribution in [2.24, 2.45) is 14.1 Å². The zero-order valence-corrected chi connectivity index (χ0v) is 14.0. The van der Waals surface area contributed by atoms with Crippen molar-refractivity contribution < 1.29 is 4.79 Å². The summed E-state index contributed by atoms with van der Waals surface area (Å²) in [4.78, 5) is 26.0. The van der Waals surface area contributed by atoms with Crippen molar-refractivity contribution in [3.05, 3.63) is 44.6 Å². The second kappa shape index (κ2) is 5.81. The van der Waals surface area contributed by atoms with E-state index in [0.717, 1.165) is 24.1 Å². The fourth-order valence-corrected chi connectivity index (χ4v) is 3.40. The van der Waals surface area contributed by atoms with Crippen molar-refractivity contribution in [2.75, 3.05) is 6.54 Å². The molecule has 1 aliphatic rings. The maximum absolute atomic E-state index is 12.8. The van der Waals surface area contributed by atoms with E-state index >= 15 is 0 Å². The van der Waals surface area contributed by atoms with Gasteiger partial charge in [0.15, 0.2) is 0 Å². The summed E-state index contributed by atoms with van der Waals surface area (Å²) >= 11 is 6.36. The van der Waals surface area contributed by atoms with Gasteiger partial charge in [-0.3, -0.25) is 14.3 Å². The van der Waals surface area contributed by atoms with E-state index in [9.17, 15) is 9.59 Å². The maximum Gasteiger partial charge on any atom is 0.274 e. The Morgan fingerprint density at radius 1 is 1.26 bits per heavy atom. The monoisotopic (exact) mass is 335 g/mol. The number of likely N-dealkylation sites (tertiary alicyclic amines) is 1. The van der Waals surface area contributed by atoms with Crippen molar-refractivity contribution in [1.82, 2.24) is 24.5 Å². The number of aromatic nitrogens is 4. The Labute approximate surface area is 138 Å². The second-order valence-electron chi connectivity index (χ2n) is 5.75. The van der Waals surface area contributed by atoms with Crippen molar-refractivity contribution in [3.8, 4) is 0 Å². The average molecular weight is 336 g/mol. The Morgan fingerprint density at radius 3 is 2.61 bits per heavy atom. The zero-order chi connectivity index (χ0) is 16.7. The summed E-state index contributed by atoms with van der Waals surface area (Å²) in [6, 6.07) is 2.72. The van der Waals surface area contributed by atoms with Crippen LogP contribution in [0.25, 0.3) is 0 Å². The highest BCUT2D eigenvalue weighted by Gasteiger charge is 2.35. The molecular weight excluding hydrogens is 318 g/mol. The molecule has 2 aromatic heterocycles. The Balaban J connectivity index is 1.96. The number of amides is 1. The molecule has 0 radical (unpaired) electrons. The Hall–Kier alpha value is -2.15. The molecule has 1 saturated heterocycles. The van der Waals surface area contributed by atoms with Gasteiger partial charge < -0.3 is 4.90 Å². The van der Waals surface area contributed by atoms with Crippen molar-refractivity contribution in [3.63, 3.8) is 0 Å². The van der Waals surface area contributed by atoms with Crippen LogP contribution >= 0.6 is 11.6 Å². The van der Waals surface area contributed by atoms with Crippen LogP contribution in [-0.4, -0.2) is 36.9 Å². The van der Waals surface area contributed by atoms with E-state index in [1.165, 1.54) is 23.9 Å². The lowest BCUT2D eigenvalue weighted by molar-refractivity contribution is 0.0726. The number of carbonyl (C=O) groups excluding carboxylic acids is 1. The third kappa shape index (κ3) is 2.65. The van der Waals surface area contributed by atoms with Gasteiger partial charge in [0.1, 0.15) is 10.8 Å². The molecule has 0 aromatic carbocycles. The predicted molar refractivity (Wildman–Crippen MR) is 85.4 cm³/mol. The molecule has 3 rings (SSSR count). The Kier molecular flexibility index (Phi) is 3.97. The number of hydrogen-bond acceptors (Lipinski definition) is 4. The quantitative estimate of drug-likeness (QED) is 0.832.